The van der Waals surface area contributed by atoms with Crippen LogP contribution >= 0.6 is 11.6 Å². The smallest absolute Gasteiger partial charge is 0.101 e. The zero-order valence-corrected chi connectivity index (χ0v) is 11.4. The van der Waals surface area contributed by atoms with E-state index in [2.05, 4.69) is 10.2 Å². The second-order valence-corrected chi connectivity index (χ2v) is 4.64. The molecule has 1 aromatic heterocycles. The molecule has 18 heavy (non-hydrogen) atoms. The van der Waals surface area contributed by atoms with Crippen molar-refractivity contribution in [3.63, 3.8) is 0 Å². The number of hydrogen-bond donors (Lipinski definition) is 0. The average molecular weight is 263 g/mol. The molecular weight excluding hydrogens is 248 g/mol. The minimum Gasteiger partial charge on any atom is -0.303 e. The molecule has 2 aromatic rings. The number of hydrogen-bond acceptors (Lipinski definition) is 3. The first kappa shape index (κ1) is 12.6. The lowest BCUT2D eigenvalue weighted by atomic mass is 10.1. The van der Waals surface area contributed by atoms with Crippen LogP contribution in [0.2, 0.25) is 5.02 Å². The van der Waals surface area contributed by atoms with Gasteiger partial charge in [-0.2, -0.15) is 10.2 Å². The fourth-order valence-electron chi connectivity index (χ4n) is 1.61. The predicted molar refractivity (Wildman–Crippen MR) is 74.9 cm³/mol. The molecule has 0 spiro atoms. The summed E-state index contributed by atoms with van der Waals surface area (Å²) in [5.74, 6) is 0. The van der Waals surface area contributed by atoms with Crippen molar-refractivity contribution in [2.45, 2.75) is 0 Å². The van der Waals surface area contributed by atoms with E-state index >= 15 is 0 Å². The Kier molecular flexibility index (Phi) is 3.67. The minimum atomic E-state index is 0.721. The van der Waals surface area contributed by atoms with Gasteiger partial charge in [-0.3, -0.25) is 4.68 Å². The molecule has 1 aromatic carbocycles. The molecular formula is C13H15ClN4. The van der Waals surface area contributed by atoms with Crippen LogP contribution in [-0.2, 0) is 7.05 Å². The molecule has 0 saturated carbocycles. The summed E-state index contributed by atoms with van der Waals surface area (Å²) in [5.41, 5.74) is 2.91. The Bertz CT molecular complexity index is 555. The quantitative estimate of drug-likeness (QED) is 0.629. The maximum Gasteiger partial charge on any atom is 0.101 e. The summed E-state index contributed by atoms with van der Waals surface area (Å²) < 4.78 is 1.78. The van der Waals surface area contributed by atoms with Crippen molar-refractivity contribution in [2.24, 2.45) is 12.1 Å². The lowest BCUT2D eigenvalue weighted by molar-refractivity contribution is 0.440. The summed E-state index contributed by atoms with van der Waals surface area (Å²) in [7, 11) is 5.66. The summed E-state index contributed by atoms with van der Waals surface area (Å²) in [5, 5.41) is 11.2. The van der Waals surface area contributed by atoms with E-state index in [1.165, 1.54) is 0 Å². The number of aryl methyl sites for hydroxylation is 1. The maximum absolute atomic E-state index is 5.89. The van der Waals surface area contributed by atoms with E-state index < -0.39 is 0 Å². The third kappa shape index (κ3) is 2.90. The van der Waals surface area contributed by atoms with Gasteiger partial charge in [-0.15, -0.1) is 0 Å². The first-order chi connectivity index (χ1) is 8.56. The van der Waals surface area contributed by atoms with Gasteiger partial charge >= 0.3 is 0 Å². The largest absolute Gasteiger partial charge is 0.303 e. The van der Waals surface area contributed by atoms with Crippen LogP contribution in [0.25, 0.3) is 11.3 Å². The number of nitrogens with zero attached hydrogens (tertiary/aromatic N) is 4. The van der Waals surface area contributed by atoms with Crippen molar-refractivity contribution in [3.8, 4) is 11.3 Å². The molecule has 0 aliphatic carbocycles. The first-order valence-corrected chi connectivity index (χ1v) is 5.95. The van der Waals surface area contributed by atoms with Crippen LogP contribution in [0.1, 0.15) is 5.56 Å². The summed E-state index contributed by atoms with van der Waals surface area (Å²) in [6, 6.07) is 7.63. The molecule has 0 fully saturated rings. The molecule has 0 saturated heterocycles. The Morgan fingerprint density at radius 1 is 1.28 bits per heavy atom. The van der Waals surface area contributed by atoms with Crippen molar-refractivity contribution in [2.75, 3.05) is 14.1 Å². The highest BCUT2D eigenvalue weighted by atomic mass is 35.5. The molecule has 0 radical (unpaired) electrons. The van der Waals surface area contributed by atoms with E-state index in [9.17, 15) is 0 Å². The molecule has 0 bridgehead atoms. The summed E-state index contributed by atoms with van der Waals surface area (Å²) >= 11 is 5.89. The van der Waals surface area contributed by atoms with Gasteiger partial charge in [-0.25, -0.2) is 0 Å². The minimum absolute atomic E-state index is 0.721. The molecule has 0 N–H and O–H groups in total. The van der Waals surface area contributed by atoms with Crippen molar-refractivity contribution >= 4 is 17.8 Å². The highest BCUT2D eigenvalue weighted by Crippen LogP contribution is 2.22. The van der Waals surface area contributed by atoms with Gasteiger partial charge in [0.2, 0.25) is 0 Å². The summed E-state index contributed by atoms with van der Waals surface area (Å²) in [6.07, 6.45) is 3.74. The SMILES string of the molecule is CN(C)/N=C/c1cn(C)nc1-c1ccc(Cl)cc1. The van der Waals surface area contributed by atoms with Crippen LogP contribution in [0, 0.1) is 0 Å². The van der Waals surface area contributed by atoms with Crippen LogP contribution in [0.15, 0.2) is 35.6 Å². The number of aromatic nitrogens is 2. The fourth-order valence-corrected chi connectivity index (χ4v) is 1.74. The Balaban J connectivity index is 2.41. The van der Waals surface area contributed by atoms with E-state index in [0.717, 1.165) is 21.8 Å². The zero-order valence-electron chi connectivity index (χ0n) is 10.6. The molecule has 94 valence electrons. The monoisotopic (exact) mass is 262 g/mol. The lowest BCUT2D eigenvalue weighted by Crippen LogP contribution is -2.02. The molecule has 0 aliphatic heterocycles. The van der Waals surface area contributed by atoms with Crippen LogP contribution in [0.4, 0.5) is 0 Å². The molecule has 0 atom stereocenters. The second kappa shape index (κ2) is 5.23. The second-order valence-electron chi connectivity index (χ2n) is 4.21. The van der Waals surface area contributed by atoms with Gasteiger partial charge < -0.3 is 5.01 Å². The van der Waals surface area contributed by atoms with Crippen LogP contribution < -0.4 is 0 Å². The highest BCUT2D eigenvalue weighted by Gasteiger charge is 2.08. The van der Waals surface area contributed by atoms with E-state index in [1.54, 1.807) is 15.9 Å². The Morgan fingerprint density at radius 2 is 1.94 bits per heavy atom. The molecule has 1 heterocycles. The average Bonchev–Trinajstić information content (AvgIpc) is 2.69. The summed E-state index contributed by atoms with van der Waals surface area (Å²) in [6.45, 7) is 0. The lowest BCUT2D eigenvalue weighted by Gasteiger charge is -2.02. The Morgan fingerprint density at radius 3 is 2.56 bits per heavy atom. The topological polar surface area (TPSA) is 33.4 Å². The van der Waals surface area contributed by atoms with Crippen molar-refractivity contribution in [1.29, 1.82) is 0 Å². The third-order valence-corrected chi connectivity index (χ3v) is 2.65. The number of hydrazone groups is 1. The predicted octanol–water partition coefficient (Wildman–Crippen LogP) is 2.64. The Hall–Kier alpha value is -1.81. The van der Waals surface area contributed by atoms with E-state index in [-0.39, 0.29) is 0 Å². The standard InChI is InChI=1S/C13H15ClN4/c1-17(2)15-8-11-9-18(3)16-13(11)10-4-6-12(14)7-5-10/h4-9H,1-3H3/b15-8+. The van der Waals surface area contributed by atoms with Gasteiger partial charge in [-0.1, -0.05) is 23.7 Å². The molecule has 0 aliphatic rings. The van der Waals surface area contributed by atoms with E-state index in [1.807, 2.05) is 51.6 Å². The number of benzene rings is 1. The highest BCUT2D eigenvalue weighted by molar-refractivity contribution is 6.30. The molecule has 0 amide bonds. The van der Waals surface area contributed by atoms with Crippen molar-refractivity contribution in [3.05, 3.63) is 41.0 Å². The zero-order chi connectivity index (χ0) is 13.1. The fraction of sp³-hybridized carbons (Fsp3) is 0.231. The van der Waals surface area contributed by atoms with E-state index in [0.29, 0.717) is 0 Å². The molecule has 5 heteroatoms. The van der Waals surface area contributed by atoms with Crippen molar-refractivity contribution in [1.82, 2.24) is 14.8 Å². The van der Waals surface area contributed by atoms with Crippen molar-refractivity contribution < 1.29 is 0 Å². The number of rotatable bonds is 3. The molecule has 4 nitrogen and oxygen atoms in total. The van der Waals surface area contributed by atoms with Gasteiger partial charge in [0.15, 0.2) is 0 Å². The van der Waals surface area contributed by atoms with Gasteiger partial charge in [0, 0.05) is 43.5 Å². The van der Waals surface area contributed by atoms with E-state index in [4.69, 9.17) is 11.6 Å². The molecule has 0 unspecified atom stereocenters. The van der Waals surface area contributed by atoms with Crippen LogP contribution in [0.5, 0.6) is 0 Å². The number of halogens is 1. The summed E-state index contributed by atoms with van der Waals surface area (Å²) in [4.78, 5) is 0. The van der Waals surface area contributed by atoms with Gasteiger partial charge in [0.1, 0.15) is 5.69 Å². The van der Waals surface area contributed by atoms with Crippen LogP contribution in [0.3, 0.4) is 0 Å². The van der Waals surface area contributed by atoms with Gasteiger partial charge in [0.25, 0.3) is 0 Å². The van der Waals surface area contributed by atoms with Gasteiger partial charge in [-0.05, 0) is 12.1 Å². The van der Waals surface area contributed by atoms with Gasteiger partial charge in [0.05, 0.1) is 6.21 Å². The molecule has 2 rings (SSSR count). The first-order valence-electron chi connectivity index (χ1n) is 5.57. The third-order valence-electron chi connectivity index (χ3n) is 2.40. The Labute approximate surface area is 111 Å². The van der Waals surface area contributed by atoms with Crippen LogP contribution in [-0.4, -0.2) is 35.1 Å². The normalized spacial score (nSPS) is 11.1. The maximum atomic E-state index is 5.89.